The van der Waals surface area contributed by atoms with Crippen molar-refractivity contribution < 1.29 is 18.3 Å². The van der Waals surface area contributed by atoms with Crippen LogP contribution in [-0.2, 0) is 14.8 Å². The van der Waals surface area contributed by atoms with E-state index < -0.39 is 22.0 Å². The summed E-state index contributed by atoms with van der Waals surface area (Å²) in [7, 11) is -3.71. The smallest absolute Gasteiger partial charge is 0.304 e. The maximum atomic E-state index is 12.0. The number of carbonyl (C=O) groups is 1. The summed E-state index contributed by atoms with van der Waals surface area (Å²) in [6.07, 6.45) is -0.261. The van der Waals surface area contributed by atoms with Gasteiger partial charge in [-0.3, -0.25) is 4.79 Å². The van der Waals surface area contributed by atoms with Gasteiger partial charge in [-0.05, 0) is 47.5 Å². The lowest BCUT2D eigenvalue weighted by molar-refractivity contribution is -0.137. The summed E-state index contributed by atoms with van der Waals surface area (Å²) in [5.74, 6) is -1.05. The minimum absolute atomic E-state index is 0.102. The quantitative estimate of drug-likeness (QED) is 0.860. The van der Waals surface area contributed by atoms with E-state index in [9.17, 15) is 13.2 Å². The Morgan fingerprint density at radius 2 is 2.11 bits per heavy atom. The molecule has 0 amide bonds. The molecule has 100 valence electrons. The predicted octanol–water partition coefficient (Wildman–Crippen LogP) is 1.90. The van der Waals surface area contributed by atoms with E-state index in [0.29, 0.717) is 4.47 Å². The van der Waals surface area contributed by atoms with E-state index in [-0.39, 0.29) is 11.3 Å². The Hall–Kier alpha value is -0.920. The van der Waals surface area contributed by atoms with Crippen molar-refractivity contribution in [2.45, 2.75) is 31.2 Å². The van der Waals surface area contributed by atoms with Gasteiger partial charge in [-0.1, -0.05) is 6.07 Å². The second kappa shape index (κ2) is 5.81. The third-order valence-electron chi connectivity index (χ3n) is 2.21. The van der Waals surface area contributed by atoms with E-state index in [4.69, 9.17) is 5.11 Å². The molecule has 0 heterocycles. The Kier molecular flexibility index (Phi) is 4.89. The molecule has 1 aromatic carbocycles. The van der Waals surface area contributed by atoms with Crippen molar-refractivity contribution in [1.82, 2.24) is 4.72 Å². The van der Waals surface area contributed by atoms with Crippen molar-refractivity contribution in [3.63, 3.8) is 0 Å². The predicted molar refractivity (Wildman–Crippen MR) is 70.9 cm³/mol. The molecule has 0 fully saturated rings. The fourth-order valence-electron chi connectivity index (χ4n) is 1.46. The van der Waals surface area contributed by atoms with Crippen LogP contribution < -0.4 is 4.72 Å². The highest BCUT2D eigenvalue weighted by Gasteiger charge is 2.21. The van der Waals surface area contributed by atoms with E-state index in [1.807, 2.05) is 6.92 Å². The lowest BCUT2D eigenvalue weighted by Crippen LogP contribution is -2.34. The van der Waals surface area contributed by atoms with Crippen LogP contribution >= 0.6 is 15.9 Å². The molecule has 1 unspecified atom stereocenters. The van der Waals surface area contributed by atoms with Crippen LogP contribution in [-0.4, -0.2) is 25.5 Å². The van der Waals surface area contributed by atoms with Crippen molar-refractivity contribution in [2.75, 3.05) is 0 Å². The third kappa shape index (κ3) is 4.08. The number of carboxylic acid groups (broad SMARTS) is 1. The van der Waals surface area contributed by atoms with Gasteiger partial charge in [-0.15, -0.1) is 0 Å². The summed E-state index contributed by atoms with van der Waals surface area (Å²) < 4.78 is 26.8. The number of aryl methyl sites for hydroxylation is 1. The molecule has 5 nitrogen and oxygen atoms in total. The number of nitrogens with one attached hydrogen (secondary N) is 1. The SMILES string of the molecule is Cc1ccc(S(=O)(=O)NC(C)CC(=O)O)c(Br)c1. The maximum absolute atomic E-state index is 12.0. The van der Waals surface area contributed by atoms with E-state index in [0.717, 1.165) is 5.56 Å². The van der Waals surface area contributed by atoms with Gasteiger partial charge in [0.25, 0.3) is 0 Å². The molecule has 1 aromatic rings. The number of hydrogen-bond donors (Lipinski definition) is 2. The monoisotopic (exact) mass is 335 g/mol. The molecular formula is C11H14BrNO4S. The van der Waals surface area contributed by atoms with Crippen molar-refractivity contribution in [1.29, 1.82) is 0 Å². The number of sulfonamides is 1. The Balaban J connectivity index is 2.96. The molecule has 2 N–H and O–H groups in total. The molecule has 7 heteroatoms. The Bertz CT molecular complexity index is 556. The highest BCUT2D eigenvalue weighted by atomic mass is 79.9. The zero-order valence-corrected chi connectivity index (χ0v) is 12.4. The number of halogens is 1. The number of aliphatic carboxylic acids is 1. The number of hydrogen-bond acceptors (Lipinski definition) is 3. The van der Waals surface area contributed by atoms with E-state index >= 15 is 0 Å². The molecule has 0 aliphatic rings. The second-order valence-corrected chi connectivity index (χ2v) is 6.59. The minimum Gasteiger partial charge on any atom is -0.481 e. The van der Waals surface area contributed by atoms with Crippen molar-refractivity contribution in [3.8, 4) is 0 Å². The second-order valence-electron chi connectivity index (χ2n) is 4.05. The first-order chi connectivity index (χ1) is 8.22. The summed E-state index contributed by atoms with van der Waals surface area (Å²) in [4.78, 5) is 10.6. The van der Waals surface area contributed by atoms with Crippen LogP contribution in [0.25, 0.3) is 0 Å². The Morgan fingerprint density at radius 1 is 1.50 bits per heavy atom. The third-order valence-corrected chi connectivity index (χ3v) is 4.78. The molecule has 18 heavy (non-hydrogen) atoms. The summed E-state index contributed by atoms with van der Waals surface area (Å²) in [5, 5.41) is 8.60. The first-order valence-corrected chi connectivity index (χ1v) is 7.50. The molecule has 1 atom stereocenters. The molecule has 0 saturated heterocycles. The first-order valence-electron chi connectivity index (χ1n) is 5.22. The van der Waals surface area contributed by atoms with Crippen molar-refractivity contribution >= 4 is 31.9 Å². The summed E-state index contributed by atoms with van der Waals surface area (Å²) >= 11 is 3.19. The molecule has 1 rings (SSSR count). The molecule has 0 aliphatic carbocycles. The topological polar surface area (TPSA) is 83.5 Å². The molecule has 0 spiro atoms. The van der Waals surface area contributed by atoms with Gasteiger partial charge >= 0.3 is 5.97 Å². The normalized spacial score (nSPS) is 13.3. The van der Waals surface area contributed by atoms with Gasteiger partial charge in [0.2, 0.25) is 10.0 Å². The van der Waals surface area contributed by atoms with Crippen LogP contribution in [0.1, 0.15) is 18.9 Å². The van der Waals surface area contributed by atoms with E-state index in [1.54, 1.807) is 12.1 Å². The van der Waals surface area contributed by atoms with E-state index in [2.05, 4.69) is 20.7 Å². The summed E-state index contributed by atoms with van der Waals surface area (Å²) in [5.41, 5.74) is 0.930. The minimum atomic E-state index is -3.71. The van der Waals surface area contributed by atoms with E-state index in [1.165, 1.54) is 13.0 Å². The van der Waals surface area contributed by atoms with Crippen molar-refractivity contribution in [3.05, 3.63) is 28.2 Å². The average molecular weight is 336 g/mol. The lowest BCUT2D eigenvalue weighted by Gasteiger charge is -2.13. The van der Waals surface area contributed by atoms with Crippen molar-refractivity contribution in [2.24, 2.45) is 0 Å². The van der Waals surface area contributed by atoms with Crippen LogP contribution in [0.4, 0.5) is 0 Å². The fourth-order valence-corrected chi connectivity index (χ4v) is 3.89. The van der Waals surface area contributed by atoms with Crippen LogP contribution in [0.15, 0.2) is 27.6 Å². The molecular weight excluding hydrogens is 322 g/mol. The largest absolute Gasteiger partial charge is 0.481 e. The zero-order chi connectivity index (χ0) is 13.9. The van der Waals surface area contributed by atoms with Gasteiger partial charge < -0.3 is 5.11 Å². The Labute approximate surface area is 114 Å². The van der Waals surface area contributed by atoms with Crippen LogP contribution in [0, 0.1) is 6.92 Å². The van der Waals surface area contributed by atoms with Gasteiger partial charge in [-0.2, -0.15) is 0 Å². The summed E-state index contributed by atoms with van der Waals surface area (Å²) in [6, 6.07) is 4.19. The standard InChI is InChI=1S/C11H14BrNO4S/c1-7-3-4-10(9(12)5-7)18(16,17)13-8(2)6-11(14)15/h3-5,8,13H,6H2,1-2H3,(H,14,15). The number of carboxylic acids is 1. The molecule has 0 bridgehead atoms. The maximum Gasteiger partial charge on any atom is 0.304 e. The van der Waals surface area contributed by atoms with Gasteiger partial charge in [-0.25, -0.2) is 13.1 Å². The summed E-state index contributed by atoms with van der Waals surface area (Å²) in [6.45, 7) is 3.36. The fraction of sp³-hybridized carbons (Fsp3) is 0.364. The van der Waals surface area contributed by atoms with Crippen LogP contribution in [0.2, 0.25) is 0 Å². The zero-order valence-electron chi connectivity index (χ0n) is 9.97. The highest BCUT2D eigenvalue weighted by molar-refractivity contribution is 9.10. The first kappa shape index (κ1) is 15.1. The molecule has 0 aliphatic heterocycles. The van der Waals surface area contributed by atoms with Crippen LogP contribution in [0.5, 0.6) is 0 Å². The number of benzene rings is 1. The van der Waals surface area contributed by atoms with Gasteiger partial charge in [0, 0.05) is 10.5 Å². The molecule has 0 saturated carbocycles. The van der Waals surface area contributed by atoms with Gasteiger partial charge in [0.1, 0.15) is 0 Å². The van der Waals surface area contributed by atoms with Gasteiger partial charge in [0.15, 0.2) is 0 Å². The average Bonchev–Trinajstić information content (AvgIpc) is 2.13. The number of rotatable bonds is 5. The molecule has 0 aromatic heterocycles. The molecule has 0 radical (unpaired) electrons. The lowest BCUT2D eigenvalue weighted by atomic mass is 10.2. The highest BCUT2D eigenvalue weighted by Crippen LogP contribution is 2.23. The Morgan fingerprint density at radius 3 is 2.61 bits per heavy atom. The van der Waals surface area contributed by atoms with Gasteiger partial charge in [0.05, 0.1) is 11.3 Å². The van der Waals surface area contributed by atoms with Crippen LogP contribution in [0.3, 0.4) is 0 Å².